The molecule has 0 aliphatic carbocycles. The summed E-state index contributed by atoms with van der Waals surface area (Å²) >= 11 is 3.16. The number of alkyl halides is 3. The van der Waals surface area contributed by atoms with Crippen molar-refractivity contribution in [3.05, 3.63) is 33.8 Å². The molecule has 2 saturated heterocycles. The summed E-state index contributed by atoms with van der Waals surface area (Å²) < 4.78 is 44.3. The SMILES string of the molecule is O=C(c1cc(C(F)(F)F)ccc1Br)N1CC2CCC(C1)O2. The summed E-state index contributed by atoms with van der Waals surface area (Å²) in [6, 6.07) is 3.14. The predicted octanol–water partition coefficient (Wildman–Crippen LogP) is 3.47. The number of morpholine rings is 1. The molecule has 3 rings (SSSR count). The van der Waals surface area contributed by atoms with Crippen LogP contribution >= 0.6 is 15.9 Å². The average Bonchev–Trinajstić information content (AvgIpc) is 2.76. The van der Waals surface area contributed by atoms with Gasteiger partial charge in [0.2, 0.25) is 0 Å². The zero-order valence-electron chi connectivity index (χ0n) is 11.0. The lowest BCUT2D eigenvalue weighted by molar-refractivity contribution is -0.137. The molecule has 0 spiro atoms. The van der Waals surface area contributed by atoms with Crippen LogP contribution in [0.25, 0.3) is 0 Å². The highest BCUT2D eigenvalue weighted by Gasteiger charge is 2.37. The summed E-state index contributed by atoms with van der Waals surface area (Å²) in [5.74, 6) is -0.381. The van der Waals surface area contributed by atoms with Gasteiger partial charge in [0.1, 0.15) is 0 Å². The lowest BCUT2D eigenvalue weighted by Crippen LogP contribution is -2.45. The van der Waals surface area contributed by atoms with Crippen LogP contribution in [0.1, 0.15) is 28.8 Å². The van der Waals surface area contributed by atoms with Gasteiger partial charge in [0.25, 0.3) is 5.91 Å². The van der Waals surface area contributed by atoms with Crippen LogP contribution in [-0.2, 0) is 10.9 Å². The van der Waals surface area contributed by atoms with Crippen LogP contribution in [0, 0.1) is 0 Å². The molecule has 1 aromatic carbocycles. The van der Waals surface area contributed by atoms with E-state index in [1.165, 1.54) is 6.07 Å². The maximum Gasteiger partial charge on any atom is 0.416 e. The molecular weight excluding hydrogens is 351 g/mol. The number of nitrogens with zero attached hydrogens (tertiary/aromatic N) is 1. The summed E-state index contributed by atoms with van der Waals surface area (Å²) in [6.45, 7) is 0.885. The topological polar surface area (TPSA) is 29.5 Å². The Labute approximate surface area is 128 Å². The van der Waals surface area contributed by atoms with Crippen LogP contribution < -0.4 is 0 Å². The quantitative estimate of drug-likeness (QED) is 0.764. The van der Waals surface area contributed by atoms with Gasteiger partial charge in [-0.25, -0.2) is 0 Å². The minimum Gasteiger partial charge on any atom is -0.371 e. The Balaban J connectivity index is 1.87. The number of rotatable bonds is 1. The number of likely N-dealkylation sites (tertiary alicyclic amines) is 1. The first-order valence-corrected chi connectivity index (χ1v) is 7.45. The van der Waals surface area contributed by atoms with Crippen LogP contribution in [0.2, 0.25) is 0 Å². The average molecular weight is 364 g/mol. The van der Waals surface area contributed by atoms with Gasteiger partial charge in [-0.2, -0.15) is 13.2 Å². The molecule has 0 saturated carbocycles. The number of carbonyl (C=O) groups is 1. The van der Waals surface area contributed by atoms with Gasteiger partial charge >= 0.3 is 6.18 Å². The Morgan fingerprint density at radius 1 is 1.24 bits per heavy atom. The first-order valence-electron chi connectivity index (χ1n) is 6.66. The van der Waals surface area contributed by atoms with Crippen molar-refractivity contribution >= 4 is 21.8 Å². The van der Waals surface area contributed by atoms with Crippen LogP contribution in [0.5, 0.6) is 0 Å². The van der Waals surface area contributed by atoms with Crippen molar-refractivity contribution in [1.82, 2.24) is 4.90 Å². The summed E-state index contributed by atoms with van der Waals surface area (Å²) in [4.78, 5) is 14.1. The molecule has 0 radical (unpaired) electrons. The third-order valence-corrected chi connectivity index (χ3v) is 4.55. The lowest BCUT2D eigenvalue weighted by atomic mass is 10.1. The largest absolute Gasteiger partial charge is 0.416 e. The number of carbonyl (C=O) groups excluding carboxylic acids is 1. The Morgan fingerprint density at radius 2 is 1.86 bits per heavy atom. The number of ether oxygens (including phenoxy) is 1. The summed E-state index contributed by atoms with van der Waals surface area (Å²) in [5.41, 5.74) is -0.767. The maximum atomic E-state index is 12.8. The van der Waals surface area contributed by atoms with Crippen molar-refractivity contribution in [2.24, 2.45) is 0 Å². The molecule has 2 atom stereocenters. The molecule has 2 bridgehead atoms. The number of halogens is 4. The fraction of sp³-hybridized carbons (Fsp3) is 0.500. The standard InChI is InChI=1S/C14H13BrF3NO2/c15-12-4-1-8(14(16,17)18)5-11(12)13(20)19-6-9-2-3-10(7-19)21-9/h1,4-5,9-10H,2-3,6-7H2. The molecule has 3 nitrogen and oxygen atoms in total. The monoisotopic (exact) mass is 363 g/mol. The fourth-order valence-electron chi connectivity index (χ4n) is 2.82. The van der Waals surface area contributed by atoms with E-state index in [2.05, 4.69) is 15.9 Å². The predicted molar refractivity (Wildman–Crippen MR) is 72.9 cm³/mol. The van der Waals surface area contributed by atoms with Gasteiger partial charge in [-0.15, -0.1) is 0 Å². The number of fused-ring (bicyclic) bond motifs is 2. The van der Waals surface area contributed by atoms with Crippen molar-refractivity contribution in [3.8, 4) is 0 Å². The van der Waals surface area contributed by atoms with Gasteiger partial charge < -0.3 is 9.64 Å². The van der Waals surface area contributed by atoms with Gasteiger partial charge in [0.05, 0.1) is 23.3 Å². The van der Waals surface area contributed by atoms with Crippen molar-refractivity contribution in [2.45, 2.75) is 31.2 Å². The lowest BCUT2D eigenvalue weighted by Gasteiger charge is -2.32. The van der Waals surface area contributed by atoms with Gasteiger partial charge in [-0.1, -0.05) is 0 Å². The van der Waals surface area contributed by atoms with E-state index in [9.17, 15) is 18.0 Å². The van der Waals surface area contributed by atoms with E-state index in [4.69, 9.17) is 4.74 Å². The normalized spacial score (nSPS) is 25.2. The molecule has 0 aromatic heterocycles. The highest BCUT2D eigenvalue weighted by Crippen LogP contribution is 2.33. The zero-order chi connectivity index (χ0) is 15.2. The van der Waals surface area contributed by atoms with Crippen molar-refractivity contribution in [3.63, 3.8) is 0 Å². The second-order valence-corrected chi connectivity index (χ2v) is 6.21. The van der Waals surface area contributed by atoms with Gasteiger partial charge in [-0.3, -0.25) is 4.79 Å². The Bertz CT molecular complexity index is 564. The number of amides is 1. The summed E-state index contributed by atoms with van der Waals surface area (Å²) in [6.07, 6.45) is -2.63. The van der Waals surface area contributed by atoms with E-state index in [-0.39, 0.29) is 23.7 Å². The van der Waals surface area contributed by atoms with Crippen molar-refractivity contribution in [1.29, 1.82) is 0 Å². The van der Waals surface area contributed by atoms with E-state index >= 15 is 0 Å². The first kappa shape index (κ1) is 14.8. The van der Waals surface area contributed by atoms with E-state index in [1.807, 2.05) is 0 Å². The molecule has 2 heterocycles. The van der Waals surface area contributed by atoms with Crippen molar-refractivity contribution < 1.29 is 22.7 Å². The number of hydrogen-bond donors (Lipinski definition) is 0. The minimum atomic E-state index is -4.46. The molecule has 0 N–H and O–H groups in total. The highest BCUT2D eigenvalue weighted by molar-refractivity contribution is 9.10. The second-order valence-electron chi connectivity index (χ2n) is 5.36. The van der Waals surface area contributed by atoms with Gasteiger partial charge in [-0.05, 0) is 47.0 Å². The summed E-state index contributed by atoms with van der Waals surface area (Å²) in [5, 5.41) is 0. The highest BCUT2D eigenvalue weighted by atomic mass is 79.9. The Morgan fingerprint density at radius 3 is 2.43 bits per heavy atom. The van der Waals surface area contributed by atoms with Crippen LogP contribution in [-0.4, -0.2) is 36.1 Å². The molecule has 2 unspecified atom stereocenters. The molecular formula is C14H13BrF3NO2. The zero-order valence-corrected chi connectivity index (χ0v) is 12.6. The second kappa shape index (κ2) is 5.28. The molecule has 114 valence electrons. The molecule has 2 aliphatic heterocycles. The molecule has 21 heavy (non-hydrogen) atoms. The molecule has 1 aromatic rings. The molecule has 7 heteroatoms. The molecule has 1 amide bonds. The number of hydrogen-bond acceptors (Lipinski definition) is 2. The van der Waals surface area contributed by atoms with E-state index in [1.54, 1.807) is 4.90 Å². The van der Waals surface area contributed by atoms with E-state index in [0.29, 0.717) is 17.6 Å². The first-order chi connectivity index (χ1) is 9.84. The smallest absolute Gasteiger partial charge is 0.371 e. The third-order valence-electron chi connectivity index (χ3n) is 3.85. The van der Waals surface area contributed by atoms with Crippen LogP contribution in [0.4, 0.5) is 13.2 Å². The van der Waals surface area contributed by atoms with E-state index in [0.717, 1.165) is 25.0 Å². The molecule has 2 fully saturated rings. The number of benzene rings is 1. The van der Waals surface area contributed by atoms with Crippen LogP contribution in [0.3, 0.4) is 0 Å². The minimum absolute atomic E-state index is 0.0114. The Kier molecular flexibility index (Phi) is 3.73. The molecule has 2 aliphatic rings. The Hall–Kier alpha value is -1.08. The maximum absolute atomic E-state index is 12.8. The van der Waals surface area contributed by atoms with Gasteiger partial charge in [0, 0.05) is 17.6 Å². The third kappa shape index (κ3) is 2.94. The van der Waals surface area contributed by atoms with Gasteiger partial charge in [0.15, 0.2) is 0 Å². The van der Waals surface area contributed by atoms with E-state index < -0.39 is 11.7 Å². The van der Waals surface area contributed by atoms with Crippen molar-refractivity contribution in [2.75, 3.05) is 13.1 Å². The van der Waals surface area contributed by atoms with Crippen LogP contribution in [0.15, 0.2) is 22.7 Å². The fourth-order valence-corrected chi connectivity index (χ4v) is 3.23. The summed E-state index contributed by atoms with van der Waals surface area (Å²) in [7, 11) is 0.